The van der Waals surface area contributed by atoms with Crippen LogP contribution in [0.15, 0.2) is 54.6 Å². The fraction of sp³-hybridized carbons (Fsp3) is 0.500. The second kappa shape index (κ2) is 8.66. The Hall–Kier alpha value is -1.55. The van der Waals surface area contributed by atoms with Crippen LogP contribution in [0.25, 0.3) is 11.1 Å². The summed E-state index contributed by atoms with van der Waals surface area (Å²) in [4.78, 5) is 0. The van der Waals surface area contributed by atoms with Crippen LogP contribution in [0.5, 0.6) is 0 Å². The van der Waals surface area contributed by atoms with Crippen molar-refractivity contribution in [3.8, 4) is 11.1 Å². The monoisotopic (exact) mass is 457 g/mol. The molecule has 7 nitrogen and oxygen atoms in total. The first kappa shape index (κ1) is 21.0. The van der Waals surface area contributed by atoms with E-state index in [1.807, 2.05) is 6.07 Å². The Balaban J connectivity index is 1.10. The zero-order chi connectivity index (χ0) is 21.7. The highest BCUT2D eigenvalue weighted by Crippen LogP contribution is 2.34. The molecule has 6 rings (SSSR count). The molecule has 0 bridgehead atoms. The summed E-state index contributed by atoms with van der Waals surface area (Å²) in [7, 11) is 0. The van der Waals surface area contributed by atoms with E-state index in [4.69, 9.17) is 25.8 Å². The average molecular weight is 458 g/mol. The van der Waals surface area contributed by atoms with Gasteiger partial charge in [-0.3, -0.25) is 16.0 Å². The average Bonchev–Trinajstić information content (AvgIpc) is 3.51. The quantitative estimate of drug-likeness (QED) is 0.520. The third kappa shape index (κ3) is 3.87. The fourth-order valence-corrected chi connectivity index (χ4v) is 5.71. The number of ether oxygens (including phenoxy) is 3. The lowest BCUT2D eigenvalue weighted by molar-refractivity contribution is -0.0862. The fourth-order valence-electron chi connectivity index (χ4n) is 5.30. The molecule has 0 saturated carbocycles. The predicted molar refractivity (Wildman–Crippen MR) is 120 cm³/mol. The molecule has 2 aromatic rings. The molecular weight excluding hydrogens is 430 g/mol. The van der Waals surface area contributed by atoms with Gasteiger partial charge in [0.2, 0.25) is 0 Å². The van der Waals surface area contributed by atoms with Crippen molar-refractivity contribution in [2.75, 3.05) is 13.2 Å². The van der Waals surface area contributed by atoms with Crippen molar-refractivity contribution in [1.82, 2.24) is 16.0 Å². The maximum absolute atomic E-state index is 9.93. The summed E-state index contributed by atoms with van der Waals surface area (Å²) in [6.45, 7) is 0.718. The largest absolute Gasteiger partial charge is 0.388 e. The van der Waals surface area contributed by atoms with Gasteiger partial charge in [-0.15, -0.1) is 11.6 Å². The summed E-state index contributed by atoms with van der Waals surface area (Å²) >= 11 is 6.81. The number of halogens is 1. The summed E-state index contributed by atoms with van der Waals surface area (Å²) in [6, 6.07) is 19.2. The number of hydrogen-bond acceptors (Lipinski definition) is 7. The second-order valence-corrected chi connectivity index (χ2v) is 9.58. The second-order valence-electron chi connectivity index (χ2n) is 9.02. The Morgan fingerprint density at radius 1 is 0.875 bits per heavy atom. The number of piperidine rings is 1. The Bertz CT molecular complexity index is 933. The first-order valence-corrected chi connectivity index (χ1v) is 11.7. The molecule has 170 valence electrons. The molecule has 2 aromatic carbocycles. The van der Waals surface area contributed by atoms with Crippen LogP contribution in [0.1, 0.15) is 18.0 Å². The van der Waals surface area contributed by atoms with Crippen molar-refractivity contribution >= 4 is 11.6 Å². The molecule has 4 N–H and O–H groups in total. The van der Waals surface area contributed by atoms with Gasteiger partial charge in [-0.1, -0.05) is 54.6 Å². The Morgan fingerprint density at radius 2 is 1.62 bits per heavy atom. The molecule has 0 aromatic heterocycles. The van der Waals surface area contributed by atoms with Gasteiger partial charge in [-0.05, 0) is 23.1 Å². The lowest BCUT2D eigenvalue weighted by Gasteiger charge is -2.36. The zero-order valence-corrected chi connectivity index (χ0v) is 18.3. The minimum absolute atomic E-state index is 0.0422. The number of hydrogen-bond donors (Lipinski definition) is 4. The van der Waals surface area contributed by atoms with E-state index in [1.165, 1.54) is 16.7 Å². The summed E-state index contributed by atoms with van der Waals surface area (Å²) in [5.74, 6) is 0. The van der Waals surface area contributed by atoms with E-state index >= 15 is 0 Å². The number of aliphatic hydroxyl groups excluding tert-OH is 1. The van der Waals surface area contributed by atoms with Crippen LogP contribution in [0.2, 0.25) is 0 Å². The topological polar surface area (TPSA) is 84.0 Å². The zero-order valence-electron chi connectivity index (χ0n) is 17.6. The number of fused-ring (bicyclic) bond motifs is 2. The van der Waals surface area contributed by atoms with Crippen LogP contribution in [-0.4, -0.2) is 66.7 Å². The highest BCUT2D eigenvalue weighted by atomic mass is 35.5. The normalized spacial score (nSPS) is 40.9. The van der Waals surface area contributed by atoms with Gasteiger partial charge in [0.15, 0.2) is 6.35 Å². The van der Waals surface area contributed by atoms with Crippen molar-refractivity contribution in [1.29, 1.82) is 0 Å². The molecule has 0 spiro atoms. The number of aliphatic hydroxyl groups is 1. The maximum Gasteiger partial charge on any atom is 0.165 e. The molecule has 9 atom stereocenters. The lowest BCUT2D eigenvalue weighted by Crippen LogP contribution is -2.55. The van der Waals surface area contributed by atoms with Gasteiger partial charge < -0.3 is 19.3 Å². The highest BCUT2D eigenvalue weighted by molar-refractivity contribution is 6.21. The molecule has 4 heterocycles. The van der Waals surface area contributed by atoms with Gasteiger partial charge >= 0.3 is 0 Å². The number of nitrogens with one attached hydrogen (secondary N) is 3. The van der Waals surface area contributed by atoms with Crippen molar-refractivity contribution in [3.05, 3.63) is 60.2 Å². The highest BCUT2D eigenvalue weighted by Gasteiger charge is 2.50. The van der Waals surface area contributed by atoms with E-state index in [1.54, 1.807) is 0 Å². The molecule has 4 fully saturated rings. The first-order chi connectivity index (χ1) is 15.7. The molecule has 0 radical (unpaired) electrons. The molecular formula is C24H28ClN3O4. The van der Waals surface area contributed by atoms with Crippen molar-refractivity contribution in [3.63, 3.8) is 0 Å². The Morgan fingerprint density at radius 3 is 2.44 bits per heavy atom. The van der Waals surface area contributed by atoms with Gasteiger partial charge in [-0.25, -0.2) is 0 Å². The molecule has 5 unspecified atom stereocenters. The summed E-state index contributed by atoms with van der Waals surface area (Å²) in [5.41, 5.74) is 3.57. The Labute approximate surface area is 192 Å². The number of benzene rings is 2. The molecule has 4 aliphatic heterocycles. The van der Waals surface area contributed by atoms with Gasteiger partial charge in [0.25, 0.3) is 0 Å². The van der Waals surface area contributed by atoms with E-state index in [2.05, 4.69) is 64.5 Å². The third-order valence-corrected chi connectivity index (χ3v) is 7.40. The van der Waals surface area contributed by atoms with Crippen molar-refractivity contribution < 1.29 is 19.3 Å². The maximum atomic E-state index is 9.93. The van der Waals surface area contributed by atoms with E-state index in [-0.39, 0.29) is 48.3 Å². The number of alkyl halides is 1. The molecule has 0 amide bonds. The summed E-state index contributed by atoms with van der Waals surface area (Å²) in [5, 5.41) is 20.5. The van der Waals surface area contributed by atoms with Crippen LogP contribution >= 0.6 is 11.6 Å². The van der Waals surface area contributed by atoms with Crippen LogP contribution in [0, 0.1) is 0 Å². The van der Waals surface area contributed by atoms with E-state index in [9.17, 15) is 5.11 Å². The molecule has 32 heavy (non-hydrogen) atoms. The van der Waals surface area contributed by atoms with Gasteiger partial charge in [0.1, 0.15) is 24.4 Å². The van der Waals surface area contributed by atoms with Crippen LogP contribution in [0.4, 0.5) is 0 Å². The molecule has 4 saturated heterocycles. The van der Waals surface area contributed by atoms with Crippen molar-refractivity contribution in [2.45, 2.75) is 60.8 Å². The SMILES string of the molecule is O[C@@H]1CO[C@H]2[C@@H]1OC[C@H]2OC1NC2CC(Cl)C(c3ccc(-c4ccccc4)cc3)NC2N1. The van der Waals surface area contributed by atoms with Gasteiger partial charge in [0, 0.05) is 12.1 Å². The lowest BCUT2D eigenvalue weighted by atomic mass is 9.92. The van der Waals surface area contributed by atoms with Gasteiger partial charge in [0.05, 0.1) is 24.8 Å². The number of rotatable bonds is 4. The van der Waals surface area contributed by atoms with Crippen LogP contribution in [-0.2, 0) is 14.2 Å². The molecule has 8 heteroatoms. The van der Waals surface area contributed by atoms with Crippen LogP contribution in [0.3, 0.4) is 0 Å². The minimum atomic E-state index is -0.576. The molecule has 4 aliphatic rings. The minimum Gasteiger partial charge on any atom is -0.388 e. The van der Waals surface area contributed by atoms with Crippen LogP contribution < -0.4 is 16.0 Å². The third-order valence-electron chi connectivity index (χ3n) is 6.97. The first-order valence-electron chi connectivity index (χ1n) is 11.3. The van der Waals surface area contributed by atoms with E-state index < -0.39 is 6.10 Å². The summed E-state index contributed by atoms with van der Waals surface area (Å²) < 4.78 is 17.5. The van der Waals surface area contributed by atoms with Crippen molar-refractivity contribution in [2.24, 2.45) is 0 Å². The standard InChI is InChI=1S/C24H28ClN3O4/c25-16-10-17-23(28-24(26-17)32-19-12-31-21-18(29)11-30-22(19)21)27-20(16)15-8-6-14(7-9-15)13-4-2-1-3-5-13/h1-9,16-24,26-29H,10-12H2/t16?,17?,18-,19-,20?,21-,22-,23?,24?/m1/s1. The predicted octanol–water partition coefficient (Wildman–Crippen LogP) is 1.71. The van der Waals surface area contributed by atoms with E-state index in [0.29, 0.717) is 13.2 Å². The Kier molecular flexibility index (Phi) is 5.69. The summed E-state index contributed by atoms with van der Waals surface area (Å²) in [6.07, 6.45) is -0.766. The van der Waals surface area contributed by atoms with Gasteiger partial charge in [-0.2, -0.15) is 0 Å². The van der Waals surface area contributed by atoms with E-state index in [0.717, 1.165) is 6.42 Å². The molecule has 0 aliphatic carbocycles. The smallest absolute Gasteiger partial charge is 0.165 e.